The first-order valence-electron chi connectivity index (χ1n) is 17.6. The van der Waals surface area contributed by atoms with Gasteiger partial charge in [0.2, 0.25) is 5.89 Å². The van der Waals surface area contributed by atoms with Gasteiger partial charge in [-0.1, -0.05) is 146 Å². The van der Waals surface area contributed by atoms with Gasteiger partial charge in [-0.2, -0.15) is 0 Å². The third-order valence-corrected chi connectivity index (χ3v) is 10.1. The van der Waals surface area contributed by atoms with E-state index in [1.165, 1.54) is 21.9 Å². The van der Waals surface area contributed by atoms with Gasteiger partial charge in [-0.25, -0.2) is 4.98 Å². The van der Waals surface area contributed by atoms with Gasteiger partial charge in [0.05, 0.1) is 5.69 Å². The summed E-state index contributed by atoms with van der Waals surface area (Å²) in [6.07, 6.45) is 0. The van der Waals surface area contributed by atoms with Gasteiger partial charge < -0.3 is 9.32 Å². The predicted octanol–water partition coefficient (Wildman–Crippen LogP) is 13.8. The number of oxazole rings is 1. The quantitative estimate of drug-likeness (QED) is 0.166. The summed E-state index contributed by atoms with van der Waals surface area (Å²) in [5, 5.41) is 6.89. The van der Waals surface area contributed by atoms with E-state index in [0.29, 0.717) is 5.89 Å². The summed E-state index contributed by atoms with van der Waals surface area (Å²) in [5.74, 6) is 0.633. The van der Waals surface area contributed by atoms with Crippen LogP contribution in [0.15, 0.2) is 199 Å². The number of benzene rings is 9. The molecule has 10 rings (SSSR count). The summed E-state index contributed by atoms with van der Waals surface area (Å²) in [7, 11) is 0. The molecule has 10 aromatic rings. The Morgan fingerprint density at radius 3 is 1.60 bits per heavy atom. The lowest BCUT2D eigenvalue weighted by molar-refractivity contribution is 0.623. The van der Waals surface area contributed by atoms with Gasteiger partial charge in [0, 0.05) is 33.1 Å². The second-order valence-corrected chi connectivity index (χ2v) is 13.2. The standard InChI is InChI=1S/C49H32N2O/c1-3-12-33(13-4-1)34-22-27-39(28-23-34)51(46-21-11-17-36-14-7-8-18-41(36)46)40-29-24-35(25-30-40)38-26-31-43-42-19-9-10-20-44(42)48-47(45(43)32-38)50-49(52-48)37-15-5-2-6-16-37/h1-32H. The highest BCUT2D eigenvalue weighted by molar-refractivity contribution is 6.23. The van der Waals surface area contributed by atoms with E-state index in [1.54, 1.807) is 0 Å². The average Bonchev–Trinajstić information content (AvgIpc) is 3.69. The summed E-state index contributed by atoms with van der Waals surface area (Å²) in [4.78, 5) is 7.44. The minimum atomic E-state index is 0.633. The summed E-state index contributed by atoms with van der Waals surface area (Å²) in [6.45, 7) is 0. The number of rotatable bonds is 6. The summed E-state index contributed by atoms with van der Waals surface area (Å²) >= 11 is 0. The predicted molar refractivity (Wildman–Crippen MR) is 218 cm³/mol. The number of nitrogens with zero attached hydrogens (tertiary/aromatic N) is 2. The van der Waals surface area contributed by atoms with E-state index < -0.39 is 0 Å². The zero-order chi connectivity index (χ0) is 34.4. The van der Waals surface area contributed by atoms with E-state index in [4.69, 9.17) is 9.40 Å². The van der Waals surface area contributed by atoms with Crippen molar-refractivity contribution in [2.75, 3.05) is 4.90 Å². The van der Waals surface area contributed by atoms with Crippen LogP contribution in [0.4, 0.5) is 17.1 Å². The third-order valence-electron chi connectivity index (χ3n) is 10.1. The molecule has 0 atom stereocenters. The molecule has 0 unspecified atom stereocenters. The van der Waals surface area contributed by atoms with Crippen LogP contribution in [0.1, 0.15) is 0 Å². The maximum absolute atomic E-state index is 6.49. The van der Waals surface area contributed by atoms with Crippen LogP contribution in [0.25, 0.3) is 77.1 Å². The molecule has 0 saturated carbocycles. The maximum atomic E-state index is 6.49. The fraction of sp³-hybridized carbons (Fsp3) is 0. The van der Waals surface area contributed by atoms with Crippen molar-refractivity contribution in [3.05, 3.63) is 194 Å². The number of aromatic nitrogens is 1. The zero-order valence-corrected chi connectivity index (χ0v) is 28.3. The molecular weight excluding hydrogens is 633 g/mol. The summed E-state index contributed by atoms with van der Waals surface area (Å²) in [5.41, 5.74) is 10.7. The highest BCUT2D eigenvalue weighted by Crippen LogP contribution is 2.42. The molecule has 0 aliphatic rings. The van der Waals surface area contributed by atoms with Crippen molar-refractivity contribution in [2.45, 2.75) is 0 Å². The Balaban J connectivity index is 1.09. The van der Waals surface area contributed by atoms with Crippen molar-refractivity contribution in [2.24, 2.45) is 0 Å². The molecule has 0 amide bonds. The van der Waals surface area contributed by atoms with Crippen LogP contribution in [0.3, 0.4) is 0 Å². The van der Waals surface area contributed by atoms with Gasteiger partial charge in [0.15, 0.2) is 5.58 Å². The van der Waals surface area contributed by atoms with Crippen LogP contribution >= 0.6 is 0 Å². The largest absolute Gasteiger partial charge is 0.435 e. The molecule has 1 heterocycles. The maximum Gasteiger partial charge on any atom is 0.227 e. The van der Waals surface area contributed by atoms with Crippen LogP contribution in [0.2, 0.25) is 0 Å². The molecule has 0 spiro atoms. The monoisotopic (exact) mass is 664 g/mol. The van der Waals surface area contributed by atoms with Crippen LogP contribution in [0, 0.1) is 0 Å². The smallest absolute Gasteiger partial charge is 0.227 e. The Labute approximate surface area is 301 Å². The van der Waals surface area contributed by atoms with E-state index >= 15 is 0 Å². The molecule has 0 aliphatic carbocycles. The fourth-order valence-electron chi connectivity index (χ4n) is 7.53. The van der Waals surface area contributed by atoms with Crippen LogP contribution in [-0.4, -0.2) is 4.98 Å². The average molecular weight is 665 g/mol. The Morgan fingerprint density at radius 2 is 0.885 bits per heavy atom. The van der Waals surface area contributed by atoms with E-state index in [0.717, 1.165) is 66.4 Å². The molecule has 244 valence electrons. The van der Waals surface area contributed by atoms with E-state index in [-0.39, 0.29) is 0 Å². The van der Waals surface area contributed by atoms with Crippen molar-refractivity contribution in [3.8, 4) is 33.7 Å². The zero-order valence-electron chi connectivity index (χ0n) is 28.3. The van der Waals surface area contributed by atoms with Crippen LogP contribution < -0.4 is 4.90 Å². The van der Waals surface area contributed by atoms with Gasteiger partial charge in [0.25, 0.3) is 0 Å². The lowest BCUT2D eigenvalue weighted by Gasteiger charge is -2.27. The van der Waals surface area contributed by atoms with Gasteiger partial charge in [-0.05, 0) is 86.9 Å². The topological polar surface area (TPSA) is 29.3 Å². The van der Waals surface area contributed by atoms with Crippen molar-refractivity contribution >= 4 is 60.5 Å². The molecular formula is C49H32N2O. The van der Waals surface area contributed by atoms with Crippen LogP contribution in [0.5, 0.6) is 0 Å². The highest BCUT2D eigenvalue weighted by Gasteiger charge is 2.18. The molecule has 0 fully saturated rings. The van der Waals surface area contributed by atoms with Gasteiger partial charge in [0.1, 0.15) is 5.52 Å². The lowest BCUT2D eigenvalue weighted by Crippen LogP contribution is -2.10. The van der Waals surface area contributed by atoms with E-state index in [1.807, 2.05) is 30.3 Å². The van der Waals surface area contributed by atoms with Crippen molar-refractivity contribution < 1.29 is 4.42 Å². The third kappa shape index (κ3) is 5.10. The lowest BCUT2D eigenvalue weighted by atomic mass is 9.96. The molecule has 0 saturated heterocycles. The summed E-state index contributed by atoms with van der Waals surface area (Å²) < 4.78 is 6.49. The Hall–Kier alpha value is -6.97. The first kappa shape index (κ1) is 29.9. The molecule has 3 heteroatoms. The first-order chi connectivity index (χ1) is 25.8. The Morgan fingerprint density at radius 1 is 0.365 bits per heavy atom. The first-order valence-corrected chi connectivity index (χ1v) is 17.6. The van der Waals surface area contributed by atoms with E-state index in [9.17, 15) is 0 Å². The number of anilines is 3. The molecule has 1 aromatic heterocycles. The minimum Gasteiger partial charge on any atom is -0.435 e. The summed E-state index contributed by atoms with van der Waals surface area (Å²) in [6, 6.07) is 68.7. The normalized spacial score (nSPS) is 11.5. The van der Waals surface area contributed by atoms with Gasteiger partial charge >= 0.3 is 0 Å². The number of hydrogen-bond donors (Lipinski definition) is 0. The van der Waals surface area contributed by atoms with Crippen molar-refractivity contribution in [1.29, 1.82) is 0 Å². The van der Waals surface area contributed by atoms with Crippen molar-refractivity contribution in [1.82, 2.24) is 4.98 Å². The van der Waals surface area contributed by atoms with Gasteiger partial charge in [-0.15, -0.1) is 0 Å². The minimum absolute atomic E-state index is 0.633. The molecule has 0 bridgehead atoms. The SMILES string of the molecule is c1ccc(-c2ccc(N(c3ccc(-c4ccc5c6ccccc6c6oc(-c7ccccc7)nc6c5c4)cc3)c3cccc4ccccc34)cc2)cc1. The number of hydrogen-bond acceptors (Lipinski definition) is 3. The van der Waals surface area contributed by atoms with Gasteiger partial charge in [-0.3, -0.25) is 0 Å². The van der Waals surface area contributed by atoms with E-state index in [2.05, 4.69) is 169 Å². The molecule has 0 N–H and O–H groups in total. The Kier molecular flexibility index (Phi) is 7.14. The fourth-order valence-corrected chi connectivity index (χ4v) is 7.53. The molecule has 3 nitrogen and oxygen atoms in total. The highest BCUT2D eigenvalue weighted by atomic mass is 16.3. The van der Waals surface area contributed by atoms with Crippen LogP contribution in [-0.2, 0) is 0 Å². The number of fused-ring (bicyclic) bond motifs is 7. The van der Waals surface area contributed by atoms with Crippen molar-refractivity contribution in [3.63, 3.8) is 0 Å². The molecule has 0 aliphatic heterocycles. The Bertz CT molecular complexity index is 2870. The second kappa shape index (κ2) is 12.4. The molecule has 52 heavy (non-hydrogen) atoms. The second-order valence-electron chi connectivity index (χ2n) is 13.2. The molecule has 9 aromatic carbocycles. The molecule has 0 radical (unpaired) electrons.